The van der Waals surface area contributed by atoms with E-state index in [0.29, 0.717) is 18.0 Å². The Labute approximate surface area is 124 Å². The fraction of sp³-hybridized carbons (Fsp3) is 0.462. The zero-order valence-electron chi connectivity index (χ0n) is 12.0. The summed E-state index contributed by atoms with van der Waals surface area (Å²) < 4.78 is 23.0. The molecule has 0 aliphatic carbocycles. The fourth-order valence-corrected chi connectivity index (χ4v) is 3.05. The van der Waals surface area contributed by atoms with Crippen molar-refractivity contribution in [3.63, 3.8) is 0 Å². The monoisotopic (exact) mass is 318 g/mol. The van der Waals surface area contributed by atoms with Gasteiger partial charge in [-0.15, -0.1) is 0 Å². The molecule has 0 saturated heterocycles. The van der Waals surface area contributed by atoms with Crippen molar-refractivity contribution in [3.8, 4) is 0 Å². The lowest BCUT2D eigenvalue weighted by molar-refractivity contribution is 0.0779. The van der Waals surface area contributed by atoms with Crippen LogP contribution in [0.4, 0.5) is 0 Å². The number of aryl methyl sites for hydroxylation is 1. The first-order chi connectivity index (χ1) is 9.04. The van der Waals surface area contributed by atoms with E-state index in [9.17, 15) is 13.2 Å². The number of nitrogens with two attached hydrogens (primary N) is 1. The van der Waals surface area contributed by atoms with E-state index < -0.39 is 10.0 Å². The molecule has 1 aromatic rings. The van der Waals surface area contributed by atoms with E-state index in [0.717, 1.165) is 0 Å². The molecule has 0 fully saturated rings. The highest BCUT2D eigenvalue weighted by Crippen LogP contribution is 2.26. The molecule has 2 N–H and O–H groups in total. The number of carbonyl (C=O) groups excluding carboxylic acids is 1. The van der Waals surface area contributed by atoms with Gasteiger partial charge in [-0.2, -0.15) is 0 Å². The standard InChI is InChI=1S/C13H19ClN2O3S/c1-8(2)7-16(4)13(17)10-5-9(3)12(14)11(6-10)20(15,18)19/h5-6,8H,7H2,1-4H3,(H2,15,18,19). The van der Waals surface area contributed by atoms with Gasteiger partial charge in [0.2, 0.25) is 10.0 Å². The molecule has 0 saturated carbocycles. The summed E-state index contributed by atoms with van der Waals surface area (Å²) in [6, 6.07) is 2.79. The first kappa shape index (κ1) is 16.9. The number of rotatable bonds is 4. The van der Waals surface area contributed by atoms with Gasteiger partial charge < -0.3 is 4.90 Å². The van der Waals surface area contributed by atoms with E-state index >= 15 is 0 Å². The van der Waals surface area contributed by atoms with Crippen molar-refractivity contribution in [2.75, 3.05) is 13.6 Å². The summed E-state index contributed by atoms with van der Waals surface area (Å²) in [5, 5.41) is 5.17. The normalized spacial score (nSPS) is 11.8. The number of nitrogens with zero attached hydrogens (tertiary/aromatic N) is 1. The minimum Gasteiger partial charge on any atom is -0.341 e. The van der Waals surface area contributed by atoms with Crippen molar-refractivity contribution in [1.29, 1.82) is 0 Å². The van der Waals surface area contributed by atoms with Gasteiger partial charge in [0.05, 0.1) is 5.02 Å². The Hall–Kier alpha value is -1.11. The summed E-state index contributed by atoms with van der Waals surface area (Å²) in [7, 11) is -2.29. The van der Waals surface area contributed by atoms with Gasteiger partial charge in [0.25, 0.3) is 5.91 Å². The number of amides is 1. The minimum atomic E-state index is -3.96. The van der Waals surface area contributed by atoms with Crippen LogP contribution in [0.1, 0.15) is 29.8 Å². The van der Waals surface area contributed by atoms with Crippen molar-refractivity contribution >= 4 is 27.5 Å². The first-order valence-corrected chi connectivity index (χ1v) is 8.05. The molecule has 0 aromatic heterocycles. The van der Waals surface area contributed by atoms with Crippen LogP contribution in [0, 0.1) is 12.8 Å². The lowest BCUT2D eigenvalue weighted by Gasteiger charge is -2.20. The fourth-order valence-electron chi connectivity index (χ4n) is 1.92. The first-order valence-electron chi connectivity index (χ1n) is 6.12. The largest absolute Gasteiger partial charge is 0.341 e. The van der Waals surface area contributed by atoms with E-state index in [1.165, 1.54) is 6.07 Å². The Balaban J connectivity index is 3.28. The molecule has 5 nitrogen and oxygen atoms in total. The predicted molar refractivity (Wildman–Crippen MR) is 79.4 cm³/mol. The van der Waals surface area contributed by atoms with Crippen molar-refractivity contribution in [1.82, 2.24) is 4.90 Å². The number of primary sulfonamides is 1. The van der Waals surface area contributed by atoms with Gasteiger partial charge >= 0.3 is 0 Å². The number of hydrogen-bond acceptors (Lipinski definition) is 3. The van der Waals surface area contributed by atoms with Crippen molar-refractivity contribution in [3.05, 3.63) is 28.3 Å². The molecule has 0 aliphatic heterocycles. The second kappa shape index (κ2) is 6.11. The Kier molecular flexibility index (Phi) is 5.18. The van der Waals surface area contributed by atoms with Gasteiger partial charge in [0, 0.05) is 19.2 Å². The van der Waals surface area contributed by atoms with E-state index in [1.807, 2.05) is 13.8 Å². The lowest BCUT2D eigenvalue weighted by atomic mass is 10.1. The van der Waals surface area contributed by atoms with Gasteiger partial charge in [0.15, 0.2) is 0 Å². The van der Waals surface area contributed by atoms with Crippen molar-refractivity contribution < 1.29 is 13.2 Å². The summed E-state index contributed by atoms with van der Waals surface area (Å²) >= 11 is 5.93. The third kappa shape index (κ3) is 3.94. The molecule has 20 heavy (non-hydrogen) atoms. The zero-order chi connectivity index (χ0) is 15.7. The van der Waals surface area contributed by atoms with Crippen LogP contribution in [-0.4, -0.2) is 32.8 Å². The van der Waals surface area contributed by atoms with Gasteiger partial charge in [-0.25, -0.2) is 13.6 Å². The molecule has 112 valence electrons. The molecule has 1 aromatic carbocycles. The minimum absolute atomic E-state index is 0.0514. The Morgan fingerprint density at radius 1 is 1.40 bits per heavy atom. The quantitative estimate of drug-likeness (QED) is 0.922. The summed E-state index contributed by atoms with van der Waals surface area (Å²) in [5.74, 6) is 0.0541. The lowest BCUT2D eigenvalue weighted by Crippen LogP contribution is -2.30. The maximum absolute atomic E-state index is 12.3. The van der Waals surface area contributed by atoms with Crippen LogP contribution in [-0.2, 0) is 10.0 Å². The third-order valence-electron chi connectivity index (χ3n) is 2.76. The highest BCUT2D eigenvalue weighted by atomic mass is 35.5. The van der Waals surface area contributed by atoms with E-state index in [2.05, 4.69) is 0 Å². The molecule has 7 heteroatoms. The summed E-state index contributed by atoms with van der Waals surface area (Å²) in [4.78, 5) is 13.6. The van der Waals surface area contributed by atoms with E-state index in [4.69, 9.17) is 16.7 Å². The van der Waals surface area contributed by atoms with E-state index in [1.54, 1.807) is 24.9 Å². The molecule has 0 atom stereocenters. The number of sulfonamides is 1. The SMILES string of the molecule is Cc1cc(C(=O)N(C)CC(C)C)cc(S(N)(=O)=O)c1Cl. The van der Waals surface area contributed by atoms with Gasteiger partial charge in [-0.1, -0.05) is 25.4 Å². The topological polar surface area (TPSA) is 80.5 Å². The van der Waals surface area contributed by atoms with Crippen LogP contribution < -0.4 is 5.14 Å². The van der Waals surface area contributed by atoms with Crippen LogP contribution in [0.2, 0.25) is 5.02 Å². The number of hydrogen-bond donors (Lipinski definition) is 1. The average Bonchev–Trinajstić information content (AvgIpc) is 2.29. The van der Waals surface area contributed by atoms with E-state index in [-0.39, 0.29) is 21.4 Å². The van der Waals surface area contributed by atoms with Crippen molar-refractivity contribution in [2.45, 2.75) is 25.7 Å². The molecule has 1 rings (SSSR count). The maximum atomic E-state index is 12.3. The smallest absolute Gasteiger partial charge is 0.253 e. The van der Waals surface area contributed by atoms with Crippen LogP contribution in [0.15, 0.2) is 17.0 Å². The number of benzene rings is 1. The molecule has 0 heterocycles. The van der Waals surface area contributed by atoms with Crippen LogP contribution >= 0.6 is 11.6 Å². The second-order valence-corrected chi connectivity index (χ2v) is 7.14. The second-order valence-electron chi connectivity index (χ2n) is 5.23. The highest BCUT2D eigenvalue weighted by Gasteiger charge is 2.20. The molecule has 0 aliphatic rings. The molecule has 0 spiro atoms. The molecule has 0 bridgehead atoms. The molecule has 0 unspecified atom stereocenters. The van der Waals surface area contributed by atoms with Crippen LogP contribution in [0.25, 0.3) is 0 Å². The Morgan fingerprint density at radius 2 is 1.95 bits per heavy atom. The summed E-state index contributed by atoms with van der Waals surface area (Å²) in [5.41, 5.74) is 0.763. The molecule has 0 radical (unpaired) electrons. The summed E-state index contributed by atoms with van der Waals surface area (Å²) in [6.45, 7) is 6.20. The Bertz CT molecular complexity index is 627. The third-order valence-corrected chi connectivity index (χ3v) is 4.31. The van der Waals surface area contributed by atoms with Crippen LogP contribution in [0.5, 0.6) is 0 Å². The molecule has 1 amide bonds. The number of halogens is 1. The maximum Gasteiger partial charge on any atom is 0.253 e. The van der Waals surface area contributed by atoms with Gasteiger partial charge in [-0.3, -0.25) is 4.79 Å². The molecular formula is C13H19ClN2O3S. The van der Waals surface area contributed by atoms with Crippen LogP contribution in [0.3, 0.4) is 0 Å². The van der Waals surface area contributed by atoms with Gasteiger partial charge in [0.1, 0.15) is 4.90 Å². The zero-order valence-corrected chi connectivity index (χ0v) is 13.5. The van der Waals surface area contributed by atoms with Gasteiger partial charge in [-0.05, 0) is 30.5 Å². The number of carbonyl (C=O) groups is 1. The average molecular weight is 319 g/mol. The summed E-state index contributed by atoms with van der Waals surface area (Å²) in [6.07, 6.45) is 0. The molecular weight excluding hydrogens is 300 g/mol. The predicted octanol–water partition coefficient (Wildman–Crippen LogP) is 2.02. The van der Waals surface area contributed by atoms with Crippen molar-refractivity contribution in [2.24, 2.45) is 11.1 Å². The highest BCUT2D eigenvalue weighted by molar-refractivity contribution is 7.89. The Morgan fingerprint density at radius 3 is 2.40 bits per heavy atom.